The summed E-state index contributed by atoms with van der Waals surface area (Å²) in [5.74, 6) is -1.66. The number of imidazole rings is 1. The number of halogens is 2. The zero-order chi connectivity index (χ0) is 34.3. The van der Waals surface area contributed by atoms with Crippen molar-refractivity contribution in [3.63, 3.8) is 0 Å². The molecule has 1 aromatic heterocycles. The average molecular weight is 681 g/mol. The van der Waals surface area contributed by atoms with Gasteiger partial charge in [-0.1, -0.05) is 17.7 Å². The summed E-state index contributed by atoms with van der Waals surface area (Å²) < 4.78 is 32.4. The number of nitrogens with one attached hydrogen (secondary N) is 1. The topological polar surface area (TPSA) is 84.9 Å². The molecule has 2 atom stereocenters. The number of thioether (sulfide) groups is 1. The van der Waals surface area contributed by atoms with Crippen molar-refractivity contribution < 1.29 is 18.4 Å². The van der Waals surface area contributed by atoms with Crippen LogP contribution in [-0.4, -0.2) is 92.7 Å². The van der Waals surface area contributed by atoms with Crippen LogP contribution in [0, 0.1) is 11.6 Å². The van der Waals surface area contributed by atoms with Gasteiger partial charge in [-0.05, 0) is 65.2 Å². The van der Waals surface area contributed by atoms with E-state index in [-0.39, 0.29) is 35.5 Å². The largest absolute Gasteiger partial charge is 0.366 e. The summed E-state index contributed by atoms with van der Waals surface area (Å²) in [6, 6.07) is 9.83. The number of piperidine rings is 1. The maximum atomic E-state index is 15.7. The van der Waals surface area contributed by atoms with Gasteiger partial charge in [0.2, 0.25) is 11.8 Å². The van der Waals surface area contributed by atoms with Gasteiger partial charge in [0.1, 0.15) is 17.0 Å². The van der Waals surface area contributed by atoms with Gasteiger partial charge in [0.25, 0.3) is 0 Å². The second kappa shape index (κ2) is 13.7. The number of carbonyl (C=O) groups excluding carboxylic acids is 2. The van der Waals surface area contributed by atoms with Gasteiger partial charge in [0.05, 0.1) is 22.0 Å². The number of hydrogen-bond donors (Lipinski definition) is 1. The Balaban J connectivity index is 1.19. The molecular formula is C36H46F2N6O3S. The van der Waals surface area contributed by atoms with Gasteiger partial charge in [-0.25, -0.2) is 13.6 Å². The van der Waals surface area contributed by atoms with Crippen LogP contribution in [0.2, 0.25) is 0 Å². The summed E-state index contributed by atoms with van der Waals surface area (Å²) in [4.78, 5) is 51.0. The molecule has 3 fully saturated rings. The molecule has 12 heteroatoms. The maximum Gasteiger partial charge on any atom is 0.326 e. The number of carbonyl (C=O) groups is 2. The molecule has 3 aliphatic rings. The van der Waals surface area contributed by atoms with E-state index in [1.807, 2.05) is 36.1 Å². The molecule has 6 rings (SSSR count). The molecule has 0 spiro atoms. The predicted octanol–water partition coefficient (Wildman–Crippen LogP) is 5.69. The molecular weight excluding hydrogens is 634 g/mol. The van der Waals surface area contributed by atoms with Crippen LogP contribution in [-0.2, 0) is 9.59 Å². The number of benzene rings is 2. The predicted molar refractivity (Wildman–Crippen MR) is 187 cm³/mol. The van der Waals surface area contributed by atoms with Gasteiger partial charge >= 0.3 is 5.69 Å². The number of H-pyrrole nitrogens is 1. The van der Waals surface area contributed by atoms with E-state index in [1.165, 1.54) is 17.8 Å². The summed E-state index contributed by atoms with van der Waals surface area (Å²) in [6.45, 7) is 16.3. The first-order valence-corrected chi connectivity index (χ1v) is 17.8. The third-order valence-corrected chi connectivity index (χ3v) is 11.4. The summed E-state index contributed by atoms with van der Waals surface area (Å²) in [6.07, 6.45) is 1.79. The van der Waals surface area contributed by atoms with Crippen LogP contribution in [0.5, 0.6) is 0 Å². The highest BCUT2D eigenvalue weighted by Gasteiger charge is 2.44. The zero-order valence-electron chi connectivity index (χ0n) is 28.3. The Morgan fingerprint density at radius 1 is 1.02 bits per heavy atom. The molecule has 3 aromatic rings. The number of hydrogen-bond acceptors (Lipinski definition) is 6. The third kappa shape index (κ3) is 6.92. The molecule has 0 saturated carbocycles. The summed E-state index contributed by atoms with van der Waals surface area (Å²) >= 11 is 1.31. The van der Waals surface area contributed by atoms with E-state index in [2.05, 4.69) is 37.2 Å². The number of likely N-dealkylation sites (tertiary alicyclic amines) is 1. The number of anilines is 1. The number of nitrogens with zero attached hydrogens (tertiary/aromatic N) is 5. The first-order chi connectivity index (χ1) is 22.8. The second-order valence-electron chi connectivity index (χ2n) is 14.3. The highest BCUT2D eigenvalue weighted by Crippen LogP contribution is 2.48. The summed E-state index contributed by atoms with van der Waals surface area (Å²) in [5, 5.41) is -1.33. The van der Waals surface area contributed by atoms with Crippen molar-refractivity contribution in [2.24, 2.45) is 0 Å². The minimum atomic E-state index is -0.691. The quantitative estimate of drug-likeness (QED) is 0.308. The summed E-state index contributed by atoms with van der Waals surface area (Å²) in [5.41, 5.74) is 3.12. The minimum Gasteiger partial charge on any atom is -0.366 e. The lowest BCUT2D eigenvalue weighted by Gasteiger charge is -2.43. The highest BCUT2D eigenvalue weighted by atomic mass is 32.2. The molecule has 258 valence electrons. The van der Waals surface area contributed by atoms with Crippen LogP contribution in [0.3, 0.4) is 0 Å². The number of piperazine rings is 1. The van der Waals surface area contributed by atoms with Crippen molar-refractivity contribution >= 4 is 40.3 Å². The third-order valence-electron chi connectivity index (χ3n) is 9.95. The van der Waals surface area contributed by atoms with Gasteiger partial charge in [0, 0.05) is 75.4 Å². The van der Waals surface area contributed by atoms with Crippen LogP contribution in [0.15, 0.2) is 53.3 Å². The Hall–Kier alpha value is -3.64. The number of aromatic amines is 1. The molecule has 3 aliphatic heterocycles. The smallest absolute Gasteiger partial charge is 0.326 e. The molecule has 0 bridgehead atoms. The Bertz CT molecular complexity index is 1750. The zero-order valence-corrected chi connectivity index (χ0v) is 29.1. The monoisotopic (exact) mass is 680 g/mol. The Morgan fingerprint density at radius 2 is 1.71 bits per heavy atom. The van der Waals surface area contributed by atoms with Crippen molar-refractivity contribution in [2.75, 3.05) is 50.7 Å². The van der Waals surface area contributed by atoms with Crippen LogP contribution >= 0.6 is 11.8 Å². The van der Waals surface area contributed by atoms with Gasteiger partial charge in [-0.15, -0.1) is 18.3 Å². The van der Waals surface area contributed by atoms with E-state index in [0.29, 0.717) is 63.2 Å². The lowest BCUT2D eigenvalue weighted by atomic mass is 10.0. The Labute approximate surface area is 284 Å². The molecule has 48 heavy (non-hydrogen) atoms. The van der Waals surface area contributed by atoms with E-state index >= 15 is 4.39 Å². The number of rotatable bonds is 8. The number of aromatic nitrogens is 2. The molecule has 0 radical (unpaired) electrons. The van der Waals surface area contributed by atoms with E-state index in [0.717, 1.165) is 35.8 Å². The van der Waals surface area contributed by atoms with Crippen molar-refractivity contribution in [2.45, 2.75) is 75.6 Å². The van der Waals surface area contributed by atoms with E-state index in [1.54, 1.807) is 14.4 Å². The standard InChI is InChI=1S/C36H46F2N6O3S/c1-23(2)10-15-43-33(46)30(22-31(45)40-13-11-25(12-14-40)44-29-9-7-6-8-28(29)39-35(44)47)48-34(43)26-20-24(37)21-27(38)32(26)41-16-18-42(19-17-41)36(3,4)5/h6-9,20-21,25,30,34H,1,10-19,22H2,2-5H3,(H,39,47)/t30-,34?/m0/s1. The SMILES string of the molecule is C=C(C)CCN1C(=O)[C@H](CC(=O)N2CCC(n3c(=O)[nH]c4ccccc43)CC2)SC1c1cc(F)cc(F)c1N1CCN(C(C)(C)C)CC1. The molecule has 4 heterocycles. The van der Waals surface area contributed by atoms with E-state index < -0.39 is 22.3 Å². The molecule has 1 N–H and O–H groups in total. The molecule has 2 aromatic carbocycles. The van der Waals surface area contributed by atoms with Crippen molar-refractivity contribution in [3.8, 4) is 0 Å². The van der Waals surface area contributed by atoms with Gasteiger partial charge < -0.3 is 19.7 Å². The normalized spacial score (nSPS) is 21.5. The van der Waals surface area contributed by atoms with Crippen molar-refractivity contribution in [1.29, 1.82) is 0 Å². The fourth-order valence-electron chi connectivity index (χ4n) is 7.31. The van der Waals surface area contributed by atoms with Crippen LogP contribution in [0.4, 0.5) is 14.5 Å². The van der Waals surface area contributed by atoms with Crippen LogP contribution < -0.4 is 10.6 Å². The Morgan fingerprint density at radius 3 is 2.38 bits per heavy atom. The molecule has 3 saturated heterocycles. The van der Waals surface area contributed by atoms with E-state index in [9.17, 15) is 18.8 Å². The maximum absolute atomic E-state index is 15.7. The van der Waals surface area contributed by atoms with Crippen LogP contribution in [0.1, 0.15) is 70.4 Å². The number of amides is 2. The first-order valence-electron chi connectivity index (χ1n) is 16.9. The lowest BCUT2D eigenvalue weighted by Crippen LogP contribution is -2.53. The Kier molecular flexibility index (Phi) is 9.77. The fourth-order valence-corrected chi connectivity index (χ4v) is 8.79. The second-order valence-corrected chi connectivity index (χ2v) is 15.6. The van der Waals surface area contributed by atoms with Gasteiger partial charge in [0.15, 0.2) is 0 Å². The minimum absolute atomic E-state index is 0.00133. The molecule has 0 aliphatic carbocycles. The first kappa shape index (κ1) is 34.2. The highest BCUT2D eigenvalue weighted by molar-refractivity contribution is 8.01. The van der Waals surface area contributed by atoms with Crippen molar-refractivity contribution in [3.05, 3.63) is 76.2 Å². The molecule has 9 nitrogen and oxygen atoms in total. The van der Waals surface area contributed by atoms with Crippen molar-refractivity contribution in [1.82, 2.24) is 24.3 Å². The fraction of sp³-hybridized carbons (Fsp3) is 0.528. The number of fused-ring (bicyclic) bond motifs is 1. The van der Waals surface area contributed by atoms with Gasteiger partial charge in [-0.3, -0.25) is 19.1 Å². The summed E-state index contributed by atoms with van der Waals surface area (Å²) in [7, 11) is 0. The molecule has 1 unspecified atom stereocenters. The number of para-hydroxylation sites is 2. The van der Waals surface area contributed by atoms with Gasteiger partial charge in [-0.2, -0.15) is 0 Å². The average Bonchev–Trinajstić information content (AvgIpc) is 3.54. The van der Waals surface area contributed by atoms with E-state index in [4.69, 9.17) is 0 Å². The molecule has 2 amide bonds. The lowest BCUT2D eigenvalue weighted by molar-refractivity contribution is -0.136. The van der Waals surface area contributed by atoms with Crippen LogP contribution in [0.25, 0.3) is 11.0 Å².